The zero-order chi connectivity index (χ0) is 21.5. The molecule has 7 heteroatoms. The molecule has 0 N–H and O–H groups in total. The molecule has 3 heterocycles. The lowest BCUT2D eigenvalue weighted by Crippen LogP contribution is -2.48. The van der Waals surface area contributed by atoms with Crippen LogP contribution in [0.25, 0.3) is 21.6 Å². The molecule has 0 spiro atoms. The number of carbonyl (C=O) groups is 1. The van der Waals surface area contributed by atoms with Crippen LogP contribution in [-0.4, -0.2) is 54.1 Å². The van der Waals surface area contributed by atoms with Crippen LogP contribution in [0.15, 0.2) is 24.3 Å². The van der Waals surface area contributed by atoms with E-state index in [9.17, 15) is 4.79 Å². The summed E-state index contributed by atoms with van der Waals surface area (Å²) in [5, 5.41) is 1.24. The molecular formula is C24H28N4O2S. The number of methoxy groups -OCH3 is 1. The lowest BCUT2D eigenvalue weighted by molar-refractivity contribution is -0.129. The number of piperazine rings is 1. The highest BCUT2D eigenvalue weighted by atomic mass is 32.1. The minimum absolute atomic E-state index is 0.147. The highest BCUT2D eigenvalue weighted by Gasteiger charge is 2.28. The van der Waals surface area contributed by atoms with Gasteiger partial charge in [0.15, 0.2) is 5.82 Å². The second kappa shape index (κ2) is 8.11. The van der Waals surface area contributed by atoms with Crippen molar-refractivity contribution >= 4 is 33.3 Å². The van der Waals surface area contributed by atoms with Crippen molar-refractivity contribution < 1.29 is 9.53 Å². The van der Waals surface area contributed by atoms with E-state index in [1.165, 1.54) is 22.2 Å². The van der Waals surface area contributed by atoms with Crippen LogP contribution in [0.4, 0.5) is 5.82 Å². The summed E-state index contributed by atoms with van der Waals surface area (Å²) in [5.74, 6) is 3.48. The number of rotatable bonds is 3. The molecule has 5 rings (SSSR count). The average Bonchev–Trinajstić information content (AvgIpc) is 3.16. The van der Waals surface area contributed by atoms with Crippen LogP contribution < -0.4 is 9.64 Å². The summed E-state index contributed by atoms with van der Waals surface area (Å²) >= 11 is 1.84. The highest BCUT2D eigenvalue weighted by molar-refractivity contribution is 7.19. The Hall–Kier alpha value is -2.67. The number of ether oxygens (including phenoxy) is 1. The van der Waals surface area contributed by atoms with Crippen molar-refractivity contribution in [1.82, 2.24) is 14.9 Å². The SMILES string of the molecule is COc1ccc(-c2nc(N3CCN(C(C)=O)CC3)c3c4c(sc3n2)CC(C)CC4)cc1. The Balaban J connectivity index is 1.61. The Morgan fingerprint density at radius 2 is 1.87 bits per heavy atom. The summed E-state index contributed by atoms with van der Waals surface area (Å²) < 4.78 is 5.31. The minimum atomic E-state index is 0.147. The Morgan fingerprint density at radius 3 is 2.55 bits per heavy atom. The van der Waals surface area contributed by atoms with Gasteiger partial charge in [-0.1, -0.05) is 6.92 Å². The van der Waals surface area contributed by atoms with E-state index in [-0.39, 0.29) is 5.91 Å². The maximum Gasteiger partial charge on any atom is 0.219 e. The minimum Gasteiger partial charge on any atom is -0.497 e. The first-order chi connectivity index (χ1) is 15.0. The smallest absolute Gasteiger partial charge is 0.219 e. The third-order valence-corrected chi connectivity index (χ3v) is 7.66. The molecule has 0 radical (unpaired) electrons. The number of thiophene rings is 1. The van der Waals surface area contributed by atoms with Gasteiger partial charge in [-0.25, -0.2) is 9.97 Å². The number of aryl methyl sites for hydroxylation is 1. The van der Waals surface area contributed by atoms with E-state index in [1.54, 1.807) is 14.0 Å². The van der Waals surface area contributed by atoms with E-state index in [0.717, 1.165) is 72.7 Å². The van der Waals surface area contributed by atoms with Gasteiger partial charge in [-0.15, -0.1) is 11.3 Å². The Labute approximate surface area is 186 Å². The molecule has 162 valence electrons. The third-order valence-electron chi connectivity index (χ3n) is 6.51. The molecule has 1 aliphatic carbocycles. The van der Waals surface area contributed by atoms with Crippen LogP contribution in [0.3, 0.4) is 0 Å². The van der Waals surface area contributed by atoms with E-state index in [4.69, 9.17) is 14.7 Å². The standard InChI is InChI=1S/C24H28N4O2S/c1-15-4-9-19-20(14-15)31-24-21(19)23(28-12-10-27(11-13-28)16(2)29)25-22(26-24)17-5-7-18(30-3)8-6-17/h5-8,15H,4,9-14H2,1-3H3. The third kappa shape index (κ3) is 3.76. The van der Waals surface area contributed by atoms with Gasteiger partial charge in [0.2, 0.25) is 5.91 Å². The number of nitrogens with zero attached hydrogens (tertiary/aromatic N) is 4. The molecule has 1 aromatic carbocycles. The summed E-state index contributed by atoms with van der Waals surface area (Å²) in [6.07, 6.45) is 3.45. The predicted octanol–water partition coefficient (Wildman–Crippen LogP) is 4.16. The van der Waals surface area contributed by atoms with Crippen molar-refractivity contribution in [2.45, 2.75) is 33.1 Å². The number of fused-ring (bicyclic) bond motifs is 3. The average molecular weight is 437 g/mol. The van der Waals surface area contributed by atoms with Gasteiger partial charge in [0.25, 0.3) is 0 Å². The van der Waals surface area contributed by atoms with Crippen molar-refractivity contribution in [2.24, 2.45) is 5.92 Å². The van der Waals surface area contributed by atoms with Crippen molar-refractivity contribution in [3.63, 3.8) is 0 Å². The fraction of sp³-hybridized carbons (Fsp3) is 0.458. The molecule has 1 fully saturated rings. The largest absolute Gasteiger partial charge is 0.497 e. The zero-order valence-electron chi connectivity index (χ0n) is 18.4. The first-order valence-corrected chi connectivity index (χ1v) is 11.8. The van der Waals surface area contributed by atoms with E-state index in [0.29, 0.717) is 0 Å². The van der Waals surface area contributed by atoms with Crippen molar-refractivity contribution in [2.75, 3.05) is 38.2 Å². The summed E-state index contributed by atoms with van der Waals surface area (Å²) in [5.41, 5.74) is 2.44. The zero-order valence-corrected chi connectivity index (χ0v) is 19.2. The van der Waals surface area contributed by atoms with E-state index >= 15 is 0 Å². The van der Waals surface area contributed by atoms with E-state index < -0.39 is 0 Å². The number of benzene rings is 1. The van der Waals surface area contributed by atoms with Crippen LogP contribution in [0.2, 0.25) is 0 Å². The van der Waals surface area contributed by atoms with Crippen molar-refractivity contribution in [1.29, 1.82) is 0 Å². The Bertz CT molecular complexity index is 1120. The fourth-order valence-electron chi connectivity index (χ4n) is 4.65. The van der Waals surface area contributed by atoms with Gasteiger partial charge >= 0.3 is 0 Å². The molecule has 1 amide bonds. The normalized spacial score (nSPS) is 18.9. The van der Waals surface area contributed by atoms with Crippen LogP contribution in [0.1, 0.15) is 30.7 Å². The van der Waals surface area contributed by atoms with Gasteiger partial charge in [0.1, 0.15) is 16.4 Å². The monoisotopic (exact) mass is 436 g/mol. The second-order valence-corrected chi connectivity index (χ2v) is 9.71. The number of carbonyl (C=O) groups excluding carboxylic acids is 1. The van der Waals surface area contributed by atoms with Gasteiger partial charge in [0.05, 0.1) is 12.5 Å². The van der Waals surface area contributed by atoms with Crippen molar-refractivity contribution in [3.05, 3.63) is 34.7 Å². The summed E-state index contributed by atoms with van der Waals surface area (Å²) in [7, 11) is 1.67. The summed E-state index contributed by atoms with van der Waals surface area (Å²) in [6.45, 7) is 7.06. The molecule has 6 nitrogen and oxygen atoms in total. The molecule has 1 saturated heterocycles. The number of anilines is 1. The Kier molecular flexibility index (Phi) is 5.30. The van der Waals surface area contributed by atoms with Crippen molar-refractivity contribution in [3.8, 4) is 17.1 Å². The quantitative estimate of drug-likeness (QED) is 0.617. The van der Waals surface area contributed by atoms with Crippen LogP contribution in [0, 0.1) is 5.92 Å². The number of hydrogen-bond donors (Lipinski definition) is 0. The van der Waals surface area contributed by atoms with E-state index in [2.05, 4.69) is 11.8 Å². The van der Waals surface area contributed by atoms with Crippen LogP contribution in [-0.2, 0) is 17.6 Å². The number of aromatic nitrogens is 2. The highest BCUT2D eigenvalue weighted by Crippen LogP contribution is 2.42. The van der Waals surface area contributed by atoms with Gasteiger partial charge in [-0.3, -0.25) is 4.79 Å². The lowest BCUT2D eigenvalue weighted by atomic mass is 9.89. The molecule has 3 aromatic rings. The Morgan fingerprint density at radius 1 is 1.13 bits per heavy atom. The molecule has 0 saturated carbocycles. The molecular weight excluding hydrogens is 408 g/mol. The molecule has 31 heavy (non-hydrogen) atoms. The fourth-order valence-corrected chi connectivity index (χ4v) is 6.03. The topological polar surface area (TPSA) is 58.6 Å². The van der Waals surface area contributed by atoms with Gasteiger partial charge in [-0.05, 0) is 55.0 Å². The lowest BCUT2D eigenvalue weighted by Gasteiger charge is -2.35. The summed E-state index contributed by atoms with van der Waals surface area (Å²) in [4.78, 5) is 28.7. The first kappa shape index (κ1) is 20.2. The number of amides is 1. The predicted molar refractivity (Wildman–Crippen MR) is 125 cm³/mol. The van der Waals surface area contributed by atoms with Crippen LogP contribution >= 0.6 is 11.3 Å². The molecule has 0 bridgehead atoms. The van der Waals surface area contributed by atoms with Gasteiger partial charge < -0.3 is 14.5 Å². The molecule has 1 unspecified atom stereocenters. The number of hydrogen-bond acceptors (Lipinski definition) is 6. The van der Waals surface area contributed by atoms with Gasteiger partial charge in [-0.2, -0.15) is 0 Å². The first-order valence-electron chi connectivity index (χ1n) is 11.0. The molecule has 1 aliphatic heterocycles. The molecule has 2 aliphatic rings. The maximum atomic E-state index is 11.8. The molecule has 1 atom stereocenters. The molecule has 2 aromatic heterocycles. The second-order valence-electron chi connectivity index (χ2n) is 8.62. The summed E-state index contributed by atoms with van der Waals surface area (Å²) in [6, 6.07) is 7.95. The maximum absolute atomic E-state index is 11.8. The van der Waals surface area contributed by atoms with Gasteiger partial charge in [0, 0.05) is 43.5 Å². The van der Waals surface area contributed by atoms with E-state index in [1.807, 2.05) is 40.5 Å². The van der Waals surface area contributed by atoms with Crippen LogP contribution in [0.5, 0.6) is 5.75 Å².